The molecule has 7 aliphatic rings. The van der Waals surface area contributed by atoms with E-state index in [1.165, 1.54) is 24.3 Å². The molecule has 0 aromatic heterocycles. The fourth-order valence-corrected chi connectivity index (χ4v) is 12.6. The van der Waals surface area contributed by atoms with Gasteiger partial charge < -0.3 is 50.3 Å². The number of halogens is 4. The van der Waals surface area contributed by atoms with Crippen molar-refractivity contribution >= 4 is 151 Å². The van der Waals surface area contributed by atoms with E-state index in [1.54, 1.807) is 20.8 Å². The number of nitrogens with one attached hydrogen (secondary N) is 4. The Hall–Kier alpha value is -9.70. The summed E-state index contributed by atoms with van der Waals surface area (Å²) in [6, 6.07) is 54.6. The number of carbonyl (C=O) groups is 10. The summed E-state index contributed by atoms with van der Waals surface area (Å²) in [4.78, 5) is 127. The molecule has 0 fully saturated rings. The summed E-state index contributed by atoms with van der Waals surface area (Å²) in [6.45, 7) is 17.6. The molecule has 5 aliphatic heterocycles. The van der Waals surface area contributed by atoms with E-state index in [0.29, 0.717) is 88.0 Å². The number of aliphatic imine (C=N–C) groups is 1. The predicted molar refractivity (Wildman–Crippen MR) is 412 cm³/mol. The number of esters is 3. The van der Waals surface area contributed by atoms with Gasteiger partial charge in [-0.1, -0.05) is 212 Å². The number of ketones is 2. The number of allylic oxidation sites excluding steroid dienone is 2. The van der Waals surface area contributed by atoms with Gasteiger partial charge in [-0.2, -0.15) is 5.26 Å². The van der Waals surface area contributed by atoms with Crippen LogP contribution in [0.25, 0.3) is 38.8 Å². The molecule has 0 saturated carbocycles. The summed E-state index contributed by atoms with van der Waals surface area (Å²) in [5.74, 6) is -3.41. The van der Waals surface area contributed by atoms with Crippen molar-refractivity contribution in [2.45, 2.75) is 66.7 Å². The molecule has 0 saturated heterocycles. The van der Waals surface area contributed by atoms with E-state index in [-0.39, 0.29) is 195 Å². The number of rotatable bonds is 13. The standard InChI is InChI=1S/C21H7Cl4N3O2.C19H13NO2.3C13H13NO3.C2H6.2CH3.2Y/c1-27-16-6-15(25)14(24)4-10(16)11-5-17(29)19-18(11)21(30)28-20(19)9-3-13(23)12(22)2-8(9)7-26;21-15-11-14(12-7-3-1-4-8-12)16-17(15)18(20-19(16)22)13-9-5-2-6-10-13;3*1-2-17-13(16)10-8-11(15)14-12(10)9-6-4-3-5-7-9;1-2;;;;/h2-4,6H,5H2,(H,28,30);1-10H,11H2,(H,20,22);2*3-7H,2,8H2,1H3,(H,14,15);3-7,10H,2,8H2,1H3;1-2H3;2*1H3;;/q;;;;;;2*-1;;. The minimum absolute atomic E-state index is 0. The minimum atomic E-state index is -0.551. The van der Waals surface area contributed by atoms with Gasteiger partial charge in [-0.05, 0) is 89.6 Å². The number of benzene rings is 7. The van der Waals surface area contributed by atoms with Crippen molar-refractivity contribution in [2.24, 2.45) is 10.9 Å². The first-order valence-electron chi connectivity index (χ1n) is 33.0. The molecule has 0 bridgehead atoms. The fourth-order valence-electron chi connectivity index (χ4n) is 12.0. The molecule has 4 N–H and O–H groups in total. The van der Waals surface area contributed by atoms with Gasteiger partial charge in [0.25, 0.3) is 11.8 Å². The maximum absolute atomic E-state index is 12.9. The molecule has 0 spiro atoms. The van der Waals surface area contributed by atoms with E-state index in [9.17, 15) is 53.2 Å². The molecular formula is C83H71Cl4N7O13Y2-2. The largest absolute Gasteiger partial charge is 0.465 e. The summed E-state index contributed by atoms with van der Waals surface area (Å²) in [5.41, 5.74) is 11.1. The molecular weight excluding hydrogens is 1620 g/mol. The third kappa shape index (κ3) is 21.2. The quantitative estimate of drug-likeness (QED) is 0.0474. The van der Waals surface area contributed by atoms with Crippen molar-refractivity contribution in [3.63, 3.8) is 0 Å². The first kappa shape index (κ1) is 89.9. The van der Waals surface area contributed by atoms with Crippen LogP contribution in [0, 0.1) is 38.7 Å². The van der Waals surface area contributed by atoms with Crippen LogP contribution in [0.1, 0.15) is 111 Å². The minimum Gasteiger partial charge on any atom is -0.465 e. The summed E-state index contributed by atoms with van der Waals surface area (Å²) in [5, 5.41) is 21.2. The van der Waals surface area contributed by atoms with E-state index in [0.717, 1.165) is 33.4 Å². The van der Waals surface area contributed by atoms with Gasteiger partial charge in [-0.15, -0.1) is 0 Å². The molecule has 109 heavy (non-hydrogen) atoms. The number of nitrogens with zero attached hydrogens (tertiary/aromatic N) is 3. The summed E-state index contributed by atoms with van der Waals surface area (Å²) < 4.78 is 14.8. The maximum Gasteiger partial charge on any atom is 0.336 e. The number of amides is 5. The molecule has 5 heterocycles. The SMILES string of the molecule is CC.CCOC(=O)C1=C(c2ccccc2)NC(=O)C1.CCOC(=O)C1=C(c2ccccc2)NC(=O)C1.CCOC(=O)C1CC(=O)N=C1c1ccccc1.O=C1CC(c2ccccc2)=C2C(=O)NC(c3ccccc3)=C12.[C-]#[N+]c1cc(Cl)c(Cl)cc1C1=C2C(=O)NC(c3cc(Cl)c(Cl)cc3C#N)=C2C(=O)C1.[CH3-].[CH3-].[Y].[Y]. The van der Waals surface area contributed by atoms with Crippen LogP contribution in [0.2, 0.25) is 20.1 Å². The molecule has 14 rings (SSSR count). The van der Waals surface area contributed by atoms with Crippen LogP contribution in [0.4, 0.5) is 5.69 Å². The molecule has 552 valence electrons. The number of ether oxygens (including phenoxy) is 3. The topological polar surface area (TPSA) is 287 Å². The Morgan fingerprint density at radius 2 is 0.862 bits per heavy atom. The monoisotopic (exact) mass is 1690 g/mol. The van der Waals surface area contributed by atoms with Gasteiger partial charge in [0.1, 0.15) is 5.92 Å². The van der Waals surface area contributed by atoms with Crippen molar-refractivity contribution < 1.29 is 128 Å². The van der Waals surface area contributed by atoms with Gasteiger partial charge in [0, 0.05) is 95.3 Å². The van der Waals surface area contributed by atoms with Crippen LogP contribution in [-0.2, 0) is 128 Å². The molecule has 1 unspecified atom stereocenters. The van der Waals surface area contributed by atoms with Crippen LogP contribution in [0.3, 0.4) is 0 Å². The molecule has 2 aliphatic carbocycles. The van der Waals surface area contributed by atoms with Crippen LogP contribution in [0.5, 0.6) is 0 Å². The second-order valence-electron chi connectivity index (χ2n) is 23.0. The van der Waals surface area contributed by atoms with Crippen LogP contribution < -0.4 is 21.3 Å². The van der Waals surface area contributed by atoms with E-state index < -0.39 is 23.8 Å². The Morgan fingerprint density at radius 3 is 1.30 bits per heavy atom. The fraction of sp³-hybridized carbons (Fsp3) is 0.169. The molecule has 26 heteroatoms. The van der Waals surface area contributed by atoms with Gasteiger partial charge in [-0.25, -0.2) is 19.4 Å². The van der Waals surface area contributed by atoms with Gasteiger partial charge >= 0.3 is 17.9 Å². The smallest absolute Gasteiger partial charge is 0.336 e. The van der Waals surface area contributed by atoms with Gasteiger partial charge in [-0.3, -0.25) is 38.4 Å². The third-order valence-electron chi connectivity index (χ3n) is 16.5. The Balaban J connectivity index is 0.000000245. The number of hydrogen-bond donors (Lipinski definition) is 4. The number of carbonyl (C=O) groups excluding carboxylic acids is 10. The second-order valence-corrected chi connectivity index (χ2v) is 24.6. The van der Waals surface area contributed by atoms with Crippen molar-refractivity contribution in [2.75, 3.05) is 19.8 Å². The normalized spacial score (nSPS) is 15.3. The van der Waals surface area contributed by atoms with Crippen LogP contribution in [-0.4, -0.2) is 84.5 Å². The van der Waals surface area contributed by atoms with Gasteiger partial charge in [0.2, 0.25) is 17.7 Å². The average Bonchev–Trinajstić information content (AvgIpc) is 1.59. The van der Waals surface area contributed by atoms with Crippen molar-refractivity contribution in [1.29, 1.82) is 5.26 Å². The zero-order valence-electron chi connectivity index (χ0n) is 60.3. The maximum atomic E-state index is 12.9. The molecule has 7 aromatic carbocycles. The Morgan fingerprint density at radius 1 is 0.486 bits per heavy atom. The predicted octanol–water partition coefficient (Wildman–Crippen LogP) is 15.4. The summed E-state index contributed by atoms with van der Waals surface area (Å²) in [6.07, 6.45) is 0.485. The Bertz CT molecular complexity index is 4760. The van der Waals surface area contributed by atoms with Crippen molar-refractivity contribution in [3.05, 3.63) is 300 Å². The van der Waals surface area contributed by atoms with Crippen LogP contribution in [0.15, 0.2) is 214 Å². The van der Waals surface area contributed by atoms with Crippen LogP contribution >= 0.6 is 46.4 Å². The first-order chi connectivity index (χ1) is 50.7. The van der Waals surface area contributed by atoms with E-state index in [1.807, 2.05) is 172 Å². The van der Waals surface area contributed by atoms with E-state index in [2.05, 4.69) is 31.1 Å². The number of fused-ring (bicyclic) bond motifs is 2. The average molecular weight is 1690 g/mol. The molecule has 5 amide bonds. The van der Waals surface area contributed by atoms with Crippen molar-refractivity contribution in [1.82, 2.24) is 21.3 Å². The van der Waals surface area contributed by atoms with Gasteiger partial charge in [0.05, 0.1) is 128 Å². The Kier molecular flexibility index (Phi) is 34.9. The van der Waals surface area contributed by atoms with E-state index >= 15 is 0 Å². The molecule has 2 radical (unpaired) electrons. The molecule has 7 aromatic rings. The second kappa shape index (κ2) is 42.3. The van der Waals surface area contributed by atoms with Crippen molar-refractivity contribution in [3.8, 4) is 6.07 Å². The number of hydrogen-bond acceptors (Lipinski definition) is 14. The third-order valence-corrected chi connectivity index (χ3v) is 17.9. The van der Waals surface area contributed by atoms with E-state index in [4.69, 9.17) is 67.2 Å². The number of nitriles is 1. The molecule has 1 atom stereocenters. The summed E-state index contributed by atoms with van der Waals surface area (Å²) in [7, 11) is 0. The zero-order chi connectivity index (χ0) is 75.6. The first-order valence-corrected chi connectivity index (χ1v) is 34.6. The molecule has 20 nitrogen and oxygen atoms in total. The zero-order valence-corrected chi connectivity index (χ0v) is 69.0. The summed E-state index contributed by atoms with van der Waals surface area (Å²) >= 11 is 24.2. The number of Topliss-reactive ketones (excluding diaryl/α,β-unsaturated/α-hetero) is 2. The van der Waals surface area contributed by atoms with Gasteiger partial charge in [0.15, 0.2) is 17.3 Å². The Labute approximate surface area is 702 Å².